The number of anilines is 1. The molecule has 1 aliphatic rings. The van der Waals surface area contributed by atoms with Crippen molar-refractivity contribution in [3.05, 3.63) is 56.6 Å². The van der Waals surface area contributed by atoms with Crippen LogP contribution in [0, 0.1) is 17.0 Å². The molecule has 0 radical (unpaired) electrons. The summed E-state index contributed by atoms with van der Waals surface area (Å²) in [6, 6.07) is 6.58. The summed E-state index contributed by atoms with van der Waals surface area (Å²) in [6.07, 6.45) is 3.00. The van der Waals surface area contributed by atoms with Crippen molar-refractivity contribution in [2.24, 2.45) is 0 Å². The summed E-state index contributed by atoms with van der Waals surface area (Å²) in [5.74, 6) is 0.489. The molecule has 9 nitrogen and oxygen atoms in total. The Morgan fingerprint density at radius 2 is 2.15 bits per heavy atom. The van der Waals surface area contributed by atoms with E-state index in [0.717, 1.165) is 30.0 Å². The second-order valence-electron chi connectivity index (χ2n) is 6.07. The molecule has 0 unspecified atom stereocenters. The third-order valence-corrected chi connectivity index (χ3v) is 3.99. The third kappa shape index (κ3) is 3.18. The lowest BCUT2D eigenvalue weighted by Gasteiger charge is -2.08. The van der Waals surface area contributed by atoms with E-state index in [1.807, 2.05) is 6.92 Å². The first-order valence-electron chi connectivity index (χ1n) is 8.00. The Morgan fingerprint density at radius 3 is 2.88 bits per heavy atom. The van der Waals surface area contributed by atoms with E-state index in [-0.39, 0.29) is 23.6 Å². The van der Waals surface area contributed by atoms with E-state index < -0.39 is 10.5 Å². The molecule has 1 N–H and O–H groups in total. The highest BCUT2D eigenvalue weighted by Gasteiger charge is 2.27. The Bertz CT molecular complexity index is 1070. The van der Waals surface area contributed by atoms with Crippen LogP contribution < -0.4 is 15.7 Å². The lowest BCUT2D eigenvalue weighted by molar-refractivity contribution is -0.384. The molecule has 0 amide bonds. The van der Waals surface area contributed by atoms with E-state index >= 15 is 0 Å². The molecule has 2 heterocycles. The number of hydrogen-bond acceptors (Lipinski definition) is 8. The largest absolute Gasteiger partial charge is 0.424 e. The Labute approximate surface area is 146 Å². The predicted molar refractivity (Wildman–Crippen MR) is 92.6 cm³/mol. The van der Waals surface area contributed by atoms with Gasteiger partial charge in [0, 0.05) is 23.6 Å². The van der Waals surface area contributed by atoms with Crippen LogP contribution in [0.4, 0.5) is 11.5 Å². The predicted octanol–water partition coefficient (Wildman–Crippen LogP) is 3.17. The summed E-state index contributed by atoms with van der Waals surface area (Å²) in [5, 5.41) is 14.9. The van der Waals surface area contributed by atoms with Crippen molar-refractivity contribution in [1.82, 2.24) is 9.97 Å². The summed E-state index contributed by atoms with van der Waals surface area (Å²) in [4.78, 5) is 30.1. The number of fused-ring (bicyclic) bond motifs is 1. The maximum Gasteiger partial charge on any atom is 0.336 e. The summed E-state index contributed by atoms with van der Waals surface area (Å²) in [7, 11) is 0. The van der Waals surface area contributed by atoms with Gasteiger partial charge in [0.15, 0.2) is 0 Å². The zero-order chi connectivity index (χ0) is 18.3. The Morgan fingerprint density at radius 1 is 1.35 bits per heavy atom. The maximum atomic E-state index is 11.5. The minimum atomic E-state index is -0.540. The minimum absolute atomic E-state index is 0.0342. The van der Waals surface area contributed by atoms with Crippen LogP contribution in [-0.2, 0) is 0 Å². The summed E-state index contributed by atoms with van der Waals surface area (Å²) in [5.41, 5.74) is 0.523. The first-order valence-corrected chi connectivity index (χ1v) is 8.00. The van der Waals surface area contributed by atoms with Crippen LogP contribution >= 0.6 is 0 Å². The van der Waals surface area contributed by atoms with Gasteiger partial charge in [0.25, 0.3) is 0 Å². The number of hydrogen-bond donors (Lipinski definition) is 1. The van der Waals surface area contributed by atoms with Gasteiger partial charge in [-0.2, -0.15) is 9.97 Å². The van der Waals surface area contributed by atoms with E-state index in [1.54, 1.807) is 18.2 Å². The number of rotatable bonds is 5. The van der Waals surface area contributed by atoms with Crippen LogP contribution in [0.2, 0.25) is 0 Å². The van der Waals surface area contributed by atoms with E-state index in [1.165, 1.54) is 6.07 Å². The number of nitro groups is 1. The average molecular weight is 354 g/mol. The zero-order valence-electron chi connectivity index (χ0n) is 13.8. The molecule has 0 spiro atoms. The second-order valence-corrected chi connectivity index (χ2v) is 6.07. The van der Waals surface area contributed by atoms with E-state index in [2.05, 4.69) is 15.3 Å². The fourth-order valence-corrected chi connectivity index (χ4v) is 2.54. The van der Waals surface area contributed by atoms with Crippen LogP contribution in [0.25, 0.3) is 11.0 Å². The van der Waals surface area contributed by atoms with Crippen LogP contribution in [0.15, 0.2) is 39.7 Å². The van der Waals surface area contributed by atoms with Gasteiger partial charge in [-0.1, -0.05) is 0 Å². The number of aryl methyl sites for hydroxylation is 1. The molecule has 0 saturated heterocycles. The third-order valence-electron chi connectivity index (χ3n) is 3.99. The van der Waals surface area contributed by atoms with Crippen LogP contribution in [0.3, 0.4) is 0 Å². The van der Waals surface area contributed by atoms with Gasteiger partial charge in [-0.3, -0.25) is 10.1 Å². The molecule has 1 aliphatic carbocycles. The molecular weight excluding hydrogens is 340 g/mol. The Hall–Kier alpha value is -3.49. The van der Waals surface area contributed by atoms with Gasteiger partial charge in [-0.05, 0) is 37.5 Å². The van der Waals surface area contributed by atoms with Gasteiger partial charge < -0.3 is 14.5 Å². The van der Waals surface area contributed by atoms with E-state index in [0.29, 0.717) is 11.3 Å². The van der Waals surface area contributed by atoms with Crippen molar-refractivity contribution < 1.29 is 14.1 Å². The van der Waals surface area contributed by atoms with Crippen molar-refractivity contribution in [3.8, 4) is 11.8 Å². The lowest BCUT2D eigenvalue weighted by Crippen LogP contribution is -2.08. The monoisotopic (exact) mass is 354 g/mol. The molecule has 26 heavy (non-hydrogen) atoms. The van der Waals surface area contributed by atoms with E-state index in [9.17, 15) is 14.9 Å². The molecule has 1 fully saturated rings. The van der Waals surface area contributed by atoms with Gasteiger partial charge in [0.1, 0.15) is 17.5 Å². The summed E-state index contributed by atoms with van der Waals surface area (Å²) < 4.78 is 10.8. The zero-order valence-corrected chi connectivity index (χ0v) is 13.8. The molecule has 2 aromatic heterocycles. The van der Waals surface area contributed by atoms with Crippen molar-refractivity contribution in [2.75, 3.05) is 5.32 Å². The molecule has 4 rings (SSSR count). The van der Waals surface area contributed by atoms with E-state index in [4.69, 9.17) is 9.15 Å². The van der Waals surface area contributed by atoms with Crippen LogP contribution in [-0.4, -0.2) is 20.9 Å². The van der Waals surface area contributed by atoms with Crippen molar-refractivity contribution in [1.29, 1.82) is 0 Å². The molecule has 1 saturated carbocycles. The number of nitrogens with one attached hydrogen (secondary N) is 1. The fourth-order valence-electron chi connectivity index (χ4n) is 2.54. The Kier molecular flexibility index (Phi) is 3.76. The second kappa shape index (κ2) is 6.10. The number of nitrogens with zero attached hydrogens (tertiary/aromatic N) is 3. The smallest absolute Gasteiger partial charge is 0.336 e. The van der Waals surface area contributed by atoms with Gasteiger partial charge in [-0.25, -0.2) is 4.79 Å². The molecule has 1 aromatic carbocycles. The van der Waals surface area contributed by atoms with Gasteiger partial charge in [0.2, 0.25) is 5.82 Å². The average Bonchev–Trinajstić information content (AvgIpc) is 3.38. The molecule has 0 atom stereocenters. The molecule has 3 aromatic rings. The SMILES string of the molecule is Cc1cc(=O)oc2cc(Oc3ncc([N+](=O)[O-])c(NC4CC4)n3)ccc12. The molecule has 9 heteroatoms. The maximum absolute atomic E-state index is 11.5. The molecular formula is C17H14N4O5. The molecule has 132 valence electrons. The fraction of sp³-hybridized carbons (Fsp3) is 0.235. The lowest BCUT2D eigenvalue weighted by atomic mass is 10.1. The van der Waals surface area contributed by atoms with Gasteiger partial charge >= 0.3 is 17.3 Å². The quantitative estimate of drug-likeness (QED) is 0.421. The highest BCUT2D eigenvalue weighted by molar-refractivity contribution is 5.81. The molecule has 0 bridgehead atoms. The highest BCUT2D eigenvalue weighted by Crippen LogP contribution is 2.31. The summed E-state index contributed by atoms with van der Waals surface area (Å²) in [6.45, 7) is 1.81. The van der Waals surface area contributed by atoms with Crippen molar-refractivity contribution in [3.63, 3.8) is 0 Å². The van der Waals surface area contributed by atoms with Crippen molar-refractivity contribution >= 4 is 22.5 Å². The van der Waals surface area contributed by atoms with Crippen LogP contribution in [0.1, 0.15) is 18.4 Å². The standard InChI is InChI=1S/C17H14N4O5/c1-9-6-15(22)26-14-7-11(4-5-12(9)14)25-17-18-8-13(21(23)24)16(20-17)19-10-2-3-10/h4-8,10H,2-3H2,1H3,(H,18,19,20). The number of ether oxygens (including phenoxy) is 1. The normalized spacial score (nSPS) is 13.6. The minimum Gasteiger partial charge on any atom is -0.424 e. The number of benzene rings is 1. The topological polar surface area (TPSA) is 120 Å². The number of aromatic nitrogens is 2. The van der Waals surface area contributed by atoms with Gasteiger partial charge in [0.05, 0.1) is 4.92 Å². The van der Waals surface area contributed by atoms with Crippen molar-refractivity contribution in [2.45, 2.75) is 25.8 Å². The van der Waals surface area contributed by atoms with Gasteiger partial charge in [-0.15, -0.1) is 0 Å². The Balaban J connectivity index is 1.67. The highest BCUT2D eigenvalue weighted by atomic mass is 16.6. The first-order chi connectivity index (χ1) is 12.5. The first kappa shape index (κ1) is 16.0. The van der Waals surface area contributed by atoms with Crippen LogP contribution in [0.5, 0.6) is 11.8 Å². The summed E-state index contributed by atoms with van der Waals surface area (Å²) >= 11 is 0. The molecule has 0 aliphatic heterocycles.